The van der Waals surface area contributed by atoms with Crippen LogP contribution in [0.3, 0.4) is 0 Å². The van der Waals surface area contributed by atoms with Crippen LogP contribution in [-0.4, -0.2) is 43.0 Å². The number of ether oxygens (including phenoxy) is 2. The fraction of sp³-hybridized carbons (Fsp3) is 0.526. The molecule has 1 N–H and O–H groups in total. The van der Waals surface area contributed by atoms with Crippen molar-refractivity contribution >= 4 is 5.91 Å². The van der Waals surface area contributed by atoms with E-state index in [1.807, 2.05) is 31.2 Å². The molecular formula is C19H27N3O4. The van der Waals surface area contributed by atoms with Crippen molar-refractivity contribution in [1.82, 2.24) is 15.5 Å². The molecule has 0 aliphatic rings. The summed E-state index contributed by atoms with van der Waals surface area (Å²) in [4.78, 5) is 11.8. The minimum absolute atomic E-state index is 0.0144. The van der Waals surface area contributed by atoms with Gasteiger partial charge in [0.1, 0.15) is 5.75 Å². The minimum Gasteiger partial charge on any atom is -0.497 e. The summed E-state index contributed by atoms with van der Waals surface area (Å²) in [7, 11) is 1.65. The van der Waals surface area contributed by atoms with E-state index in [0.29, 0.717) is 50.8 Å². The van der Waals surface area contributed by atoms with Crippen LogP contribution in [0.1, 0.15) is 37.1 Å². The first-order valence-corrected chi connectivity index (χ1v) is 9.00. The molecule has 1 aromatic heterocycles. The highest BCUT2D eigenvalue weighted by molar-refractivity contribution is 5.75. The van der Waals surface area contributed by atoms with Gasteiger partial charge in [0, 0.05) is 39.0 Å². The van der Waals surface area contributed by atoms with E-state index in [1.165, 1.54) is 5.56 Å². The number of aryl methyl sites for hydroxylation is 3. The van der Waals surface area contributed by atoms with Crippen LogP contribution >= 0.6 is 0 Å². The molecule has 26 heavy (non-hydrogen) atoms. The standard InChI is InChI=1S/C19H27N3O4/c1-3-25-14-4-13-20-17(23)10-12-19-22-21-18(26-19)11-7-15-5-8-16(24-2)9-6-15/h5-6,8-9H,3-4,7,10-14H2,1-2H3,(H,20,23). The maximum absolute atomic E-state index is 11.8. The van der Waals surface area contributed by atoms with Gasteiger partial charge in [0.2, 0.25) is 17.7 Å². The maximum Gasteiger partial charge on any atom is 0.220 e. The third-order valence-corrected chi connectivity index (χ3v) is 3.85. The second-order valence-electron chi connectivity index (χ2n) is 5.84. The molecule has 1 amide bonds. The van der Waals surface area contributed by atoms with E-state index in [0.717, 1.165) is 18.6 Å². The fourth-order valence-corrected chi connectivity index (χ4v) is 2.39. The van der Waals surface area contributed by atoms with Gasteiger partial charge in [0.05, 0.1) is 7.11 Å². The van der Waals surface area contributed by atoms with Crippen LogP contribution in [0.15, 0.2) is 28.7 Å². The number of amides is 1. The summed E-state index contributed by atoms with van der Waals surface area (Å²) in [5.41, 5.74) is 1.18. The predicted molar refractivity (Wildman–Crippen MR) is 97.1 cm³/mol. The van der Waals surface area contributed by atoms with E-state index >= 15 is 0 Å². The summed E-state index contributed by atoms with van der Waals surface area (Å²) in [5, 5.41) is 10.9. The van der Waals surface area contributed by atoms with Gasteiger partial charge in [0.25, 0.3) is 0 Å². The Hall–Kier alpha value is -2.41. The molecule has 7 nitrogen and oxygen atoms in total. The average Bonchev–Trinajstić information content (AvgIpc) is 3.13. The molecule has 0 saturated carbocycles. The molecule has 1 aromatic carbocycles. The van der Waals surface area contributed by atoms with Crippen LogP contribution in [0, 0.1) is 0 Å². The van der Waals surface area contributed by atoms with Crippen molar-refractivity contribution in [2.45, 2.75) is 39.0 Å². The second kappa shape index (κ2) is 11.3. The Bertz CT molecular complexity index is 655. The van der Waals surface area contributed by atoms with Crippen LogP contribution in [0.25, 0.3) is 0 Å². The molecule has 0 bridgehead atoms. The SMILES string of the molecule is CCOCCCNC(=O)CCc1nnc(CCc2ccc(OC)cc2)o1. The summed E-state index contributed by atoms with van der Waals surface area (Å²) in [6.45, 7) is 3.94. The van der Waals surface area contributed by atoms with Gasteiger partial charge < -0.3 is 19.2 Å². The predicted octanol–water partition coefficient (Wildman–Crippen LogP) is 2.34. The third-order valence-electron chi connectivity index (χ3n) is 3.85. The third kappa shape index (κ3) is 7.23. The fourth-order valence-electron chi connectivity index (χ4n) is 2.39. The van der Waals surface area contributed by atoms with E-state index < -0.39 is 0 Å². The molecule has 0 aliphatic carbocycles. The first-order valence-electron chi connectivity index (χ1n) is 9.00. The first kappa shape index (κ1) is 19.9. The van der Waals surface area contributed by atoms with Crippen LogP contribution in [0.4, 0.5) is 0 Å². The molecule has 0 unspecified atom stereocenters. The molecular weight excluding hydrogens is 334 g/mol. The summed E-state index contributed by atoms with van der Waals surface area (Å²) < 4.78 is 16.0. The summed E-state index contributed by atoms with van der Waals surface area (Å²) in [6.07, 6.45) is 3.09. The van der Waals surface area contributed by atoms with E-state index in [1.54, 1.807) is 7.11 Å². The van der Waals surface area contributed by atoms with Gasteiger partial charge in [0.15, 0.2) is 0 Å². The summed E-state index contributed by atoms with van der Waals surface area (Å²) in [6, 6.07) is 7.90. The smallest absolute Gasteiger partial charge is 0.220 e. The quantitative estimate of drug-likeness (QED) is 0.584. The van der Waals surface area contributed by atoms with Gasteiger partial charge >= 0.3 is 0 Å². The lowest BCUT2D eigenvalue weighted by Gasteiger charge is -2.04. The van der Waals surface area contributed by atoms with Crippen molar-refractivity contribution in [2.75, 3.05) is 26.9 Å². The van der Waals surface area contributed by atoms with Crippen molar-refractivity contribution in [3.63, 3.8) is 0 Å². The van der Waals surface area contributed by atoms with Crippen molar-refractivity contribution in [3.05, 3.63) is 41.6 Å². The second-order valence-corrected chi connectivity index (χ2v) is 5.84. The molecule has 0 radical (unpaired) electrons. The Balaban J connectivity index is 1.66. The largest absolute Gasteiger partial charge is 0.497 e. The lowest BCUT2D eigenvalue weighted by molar-refractivity contribution is -0.121. The van der Waals surface area contributed by atoms with Crippen molar-refractivity contribution < 1.29 is 18.7 Å². The van der Waals surface area contributed by atoms with E-state index in [2.05, 4.69) is 15.5 Å². The molecule has 1 heterocycles. The van der Waals surface area contributed by atoms with Crippen molar-refractivity contribution in [3.8, 4) is 5.75 Å². The molecule has 7 heteroatoms. The highest BCUT2D eigenvalue weighted by atomic mass is 16.5. The Morgan fingerprint density at radius 2 is 1.85 bits per heavy atom. The number of rotatable bonds is 12. The lowest BCUT2D eigenvalue weighted by Crippen LogP contribution is -2.25. The number of methoxy groups -OCH3 is 1. The van der Waals surface area contributed by atoms with Crippen LogP contribution in [-0.2, 0) is 28.8 Å². The molecule has 0 spiro atoms. The number of carbonyl (C=O) groups excluding carboxylic acids is 1. The van der Waals surface area contributed by atoms with Gasteiger partial charge in [-0.25, -0.2) is 0 Å². The van der Waals surface area contributed by atoms with E-state index in [4.69, 9.17) is 13.9 Å². The zero-order valence-corrected chi connectivity index (χ0v) is 15.5. The Morgan fingerprint density at radius 1 is 1.12 bits per heavy atom. The minimum atomic E-state index is -0.0144. The number of hydrogen-bond donors (Lipinski definition) is 1. The molecule has 2 aromatic rings. The summed E-state index contributed by atoms with van der Waals surface area (Å²) >= 11 is 0. The molecule has 2 rings (SSSR count). The van der Waals surface area contributed by atoms with Crippen LogP contribution < -0.4 is 10.1 Å². The maximum atomic E-state index is 11.8. The zero-order chi connectivity index (χ0) is 18.6. The average molecular weight is 361 g/mol. The Morgan fingerprint density at radius 3 is 2.54 bits per heavy atom. The number of benzene rings is 1. The molecule has 0 fully saturated rings. The van der Waals surface area contributed by atoms with Crippen LogP contribution in [0.2, 0.25) is 0 Å². The number of carbonyl (C=O) groups is 1. The molecule has 142 valence electrons. The number of nitrogens with one attached hydrogen (secondary N) is 1. The van der Waals surface area contributed by atoms with Gasteiger partial charge in [-0.05, 0) is 37.5 Å². The van der Waals surface area contributed by atoms with Crippen molar-refractivity contribution in [2.24, 2.45) is 0 Å². The molecule has 0 atom stereocenters. The van der Waals surface area contributed by atoms with Gasteiger partial charge in [-0.15, -0.1) is 10.2 Å². The Labute approximate surface area is 154 Å². The Kier molecular flexibility index (Phi) is 8.62. The van der Waals surface area contributed by atoms with Crippen molar-refractivity contribution in [1.29, 1.82) is 0 Å². The summed E-state index contributed by atoms with van der Waals surface area (Å²) in [5.74, 6) is 1.91. The normalized spacial score (nSPS) is 10.7. The first-order chi connectivity index (χ1) is 12.7. The lowest BCUT2D eigenvalue weighted by atomic mass is 10.1. The van der Waals surface area contributed by atoms with Gasteiger partial charge in [-0.3, -0.25) is 4.79 Å². The monoisotopic (exact) mass is 361 g/mol. The topological polar surface area (TPSA) is 86.5 Å². The number of aromatic nitrogens is 2. The van der Waals surface area contributed by atoms with E-state index in [9.17, 15) is 4.79 Å². The molecule has 0 aliphatic heterocycles. The number of hydrogen-bond acceptors (Lipinski definition) is 6. The van der Waals surface area contributed by atoms with Gasteiger partial charge in [-0.1, -0.05) is 12.1 Å². The molecule has 0 saturated heterocycles. The zero-order valence-electron chi connectivity index (χ0n) is 15.5. The van der Waals surface area contributed by atoms with Crippen LogP contribution in [0.5, 0.6) is 5.75 Å². The number of nitrogens with zero attached hydrogens (tertiary/aromatic N) is 2. The highest BCUT2D eigenvalue weighted by Crippen LogP contribution is 2.13. The van der Waals surface area contributed by atoms with Gasteiger partial charge in [-0.2, -0.15) is 0 Å². The highest BCUT2D eigenvalue weighted by Gasteiger charge is 2.09. The van der Waals surface area contributed by atoms with E-state index in [-0.39, 0.29) is 5.91 Å².